The molecule has 0 saturated carbocycles. The van der Waals surface area contributed by atoms with Crippen LogP contribution in [0.15, 0.2) is 36.9 Å². The number of aromatic nitrogens is 2. The highest BCUT2D eigenvalue weighted by Gasteiger charge is 2.45. The molecule has 9 nitrogen and oxygen atoms in total. The quantitative estimate of drug-likeness (QED) is 0.601. The molecule has 0 amide bonds. The van der Waals surface area contributed by atoms with Crippen LogP contribution in [0.25, 0.3) is 0 Å². The highest BCUT2D eigenvalue weighted by Crippen LogP contribution is 2.40. The number of ether oxygens (including phenoxy) is 3. The van der Waals surface area contributed by atoms with E-state index in [1.54, 1.807) is 31.8 Å². The molecule has 0 spiro atoms. The Labute approximate surface area is 159 Å². The Kier molecular flexibility index (Phi) is 7.18. The van der Waals surface area contributed by atoms with Crippen molar-refractivity contribution in [3.8, 4) is 0 Å². The minimum Gasteiger partial charge on any atom is -0.382 e. The fraction of sp³-hybridized carbons (Fsp3) is 0.400. The number of imidazole rings is 1. The number of halogens is 2. The number of hydrogen-bond donors (Lipinski definition) is 1. The summed E-state index contributed by atoms with van der Waals surface area (Å²) in [6, 6.07) is 5.29. The van der Waals surface area contributed by atoms with Gasteiger partial charge in [-0.25, -0.2) is 4.98 Å². The Bertz CT molecular complexity index is 726. The van der Waals surface area contributed by atoms with Gasteiger partial charge in [0, 0.05) is 30.1 Å². The highest BCUT2D eigenvalue weighted by molar-refractivity contribution is 6.35. The van der Waals surface area contributed by atoms with E-state index in [0.29, 0.717) is 29.8 Å². The summed E-state index contributed by atoms with van der Waals surface area (Å²) in [5, 5.41) is 14.7. The van der Waals surface area contributed by atoms with Crippen molar-refractivity contribution in [1.82, 2.24) is 9.55 Å². The van der Waals surface area contributed by atoms with E-state index in [1.165, 1.54) is 0 Å². The van der Waals surface area contributed by atoms with Crippen LogP contribution >= 0.6 is 23.2 Å². The van der Waals surface area contributed by atoms with Crippen LogP contribution in [0, 0.1) is 10.1 Å². The molecule has 1 fully saturated rings. The molecule has 26 heavy (non-hydrogen) atoms. The molecule has 1 aliphatic rings. The third-order valence-electron chi connectivity index (χ3n) is 3.50. The molecule has 3 rings (SSSR count). The number of rotatable bonds is 5. The van der Waals surface area contributed by atoms with Crippen LogP contribution < -0.4 is 0 Å². The van der Waals surface area contributed by atoms with Crippen LogP contribution in [0.2, 0.25) is 10.0 Å². The smallest absolute Gasteiger partial charge is 0.291 e. The molecule has 2 heterocycles. The lowest BCUT2D eigenvalue weighted by atomic mass is 10.1. The fourth-order valence-electron chi connectivity index (χ4n) is 2.56. The lowest BCUT2D eigenvalue weighted by Gasteiger charge is -2.29. The molecule has 2 atom stereocenters. The van der Waals surface area contributed by atoms with Crippen molar-refractivity contribution >= 4 is 23.2 Å². The van der Waals surface area contributed by atoms with Gasteiger partial charge in [-0.05, 0) is 12.1 Å². The zero-order chi connectivity index (χ0) is 19.2. The van der Waals surface area contributed by atoms with Gasteiger partial charge in [-0.1, -0.05) is 29.3 Å². The van der Waals surface area contributed by atoms with E-state index in [9.17, 15) is 0 Å². The maximum Gasteiger partial charge on any atom is 0.291 e. The monoisotopic (exact) mass is 405 g/mol. The zero-order valence-corrected chi connectivity index (χ0v) is 15.3. The molecule has 1 aliphatic heterocycles. The zero-order valence-electron chi connectivity index (χ0n) is 13.7. The Hall–Kier alpha value is -1.91. The molecule has 0 aliphatic carbocycles. The maximum absolute atomic E-state index is 8.36. The molecule has 142 valence electrons. The molecular weight excluding hydrogens is 389 g/mol. The van der Waals surface area contributed by atoms with E-state index in [-0.39, 0.29) is 6.10 Å². The lowest BCUT2D eigenvalue weighted by molar-refractivity contribution is -0.742. The van der Waals surface area contributed by atoms with Gasteiger partial charge in [-0.3, -0.25) is 0 Å². The van der Waals surface area contributed by atoms with Crippen LogP contribution in [0.3, 0.4) is 0 Å². The van der Waals surface area contributed by atoms with Gasteiger partial charge in [0.25, 0.3) is 5.09 Å². The first-order chi connectivity index (χ1) is 12.4. The summed E-state index contributed by atoms with van der Waals surface area (Å²) in [5.41, 5.74) is 0.742. The average Bonchev–Trinajstić information content (AvgIpc) is 3.18. The summed E-state index contributed by atoms with van der Waals surface area (Å²) < 4.78 is 19.2. The number of methoxy groups -OCH3 is 1. The van der Waals surface area contributed by atoms with E-state index in [1.807, 2.05) is 16.8 Å². The molecule has 2 aromatic rings. The Morgan fingerprint density at radius 1 is 1.54 bits per heavy atom. The van der Waals surface area contributed by atoms with Crippen LogP contribution in [0.4, 0.5) is 0 Å². The van der Waals surface area contributed by atoms with Crippen molar-refractivity contribution in [1.29, 1.82) is 0 Å². The summed E-state index contributed by atoms with van der Waals surface area (Å²) in [6.07, 6.45) is 5.11. The van der Waals surface area contributed by atoms with Crippen LogP contribution in [-0.4, -0.2) is 46.3 Å². The first-order valence-corrected chi connectivity index (χ1v) is 8.17. The molecule has 0 bridgehead atoms. The van der Waals surface area contributed by atoms with Gasteiger partial charge >= 0.3 is 0 Å². The number of hydrogen-bond acceptors (Lipinski definition) is 6. The average molecular weight is 406 g/mol. The Morgan fingerprint density at radius 3 is 2.85 bits per heavy atom. The van der Waals surface area contributed by atoms with Crippen LogP contribution in [-0.2, 0) is 26.5 Å². The van der Waals surface area contributed by atoms with Crippen molar-refractivity contribution in [2.75, 3.05) is 20.3 Å². The molecule has 11 heteroatoms. The summed E-state index contributed by atoms with van der Waals surface area (Å²) >= 11 is 12.4. The van der Waals surface area contributed by atoms with Gasteiger partial charge in [-0.15, -0.1) is 10.1 Å². The molecule has 1 N–H and O–H groups in total. The lowest BCUT2D eigenvalue weighted by Crippen LogP contribution is -2.34. The molecular formula is C15H17Cl2N3O6. The van der Waals surface area contributed by atoms with Crippen molar-refractivity contribution in [2.24, 2.45) is 0 Å². The fourth-order valence-corrected chi connectivity index (χ4v) is 3.11. The SMILES string of the molecule is COCC1COC(Cn2ccnc2)(c2ccc(Cl)cc2Cl)O1.O=[N+]([O-])O. The first-order valence-electron chi connectivity index (χ1n) is 7.41. The second-order valence-electron chi connectivity index (χ2n) is 5.36. The van der Waals surface area contributed by atoms with Crippen molar-refractivity contribution in [2.45, 2.75) is 18.4 Å². The maximum atomic E-state index is 8.36. The van der Waals surface area contributed by atoms with Gasteiger partial charge in [-0.2, -0.15) is 0 Å². The van der Waals surface area contributed by atoms with Crippen molar-refractivity contribution in [3.63, 3.8) is 0 Å². The van der Waals surface area contributed by atoms with Crippen LogP contribution in [0.1, 0.15) is 5.56 Å². The predicted octanol–water partition coefficient (Wildman–Crippen LogP) is 2.76. The first kappa shape index (κ1) is 20.4. The van der Waals surface area contributed by atoms with E-state index >= 15 is 0 Å². The van der Waals surface area contributed by atoms with Crippen LogP contribution in [0.5, 0.6) is 0 Å². The molecule has 1 aromatic heterocycles. The van der Waals surface area contributed by atoms with E-state index in [4.69, 9.17) is 52.7 Å². The Balaban J connectivity index is 0.000000552. The van der Waals surface area contributed by atoms with Crippen molar-refractivity contribution < 1.29 is 24.5 Å². The third kappa shape index (κ3) is 5.29. The van der Waals surface area contributed by atoms with Gasteiger partial charge < -0.3 is 24.0 Å². The molecule has 1 saturated heterocycles. The standard InChI is InChI=1S/C15H16Cl2N2O3.HNO3/c1-20-7-12-8-21-15(22-12,9-19-5-4-18-10-19)13-3-2-11(16)6-14(13)17;2-1(3)4/h2-6,10,12H,7-9H2,1H3;(H,2,3,4). The summed E-state index contributed by atoms with van der Waals surface area (Å²) in [7, 11) is 1.63. The second kappa shape index (κ2) is 9.15. The Morgan fingerprint density at radius 2 is 2.27 bits per heavy atom. The minimum atomic E-state index is -1.50. The normalized spacial score (nSPS) is 21.9. The number of nitrogens with zero attached hydrogens (tertiary/aromatic N) is 3. The summed E-state index contributed by atoms with van der Waals surface area (Å²) in [5.74, 6) is -0.981. The minimum absolute atomic E-state index is 0.153. The van der Waals surface area contributed by atoms with E-state index in [0.717, 1.165) is 5.56 Å². The third-order valence-corrected chi connectivity index (χ3v) is 4.05. The largest absolute Gasteiger partial charge is 0.382 e. The highest BCUT2D eigenvalue weighted by atomic mass is 35.5. The van der Waals surface area contributed by atoms with E-state index in [2.05, 4.69) is 4.98 Å². The topological polar surface area (TPSA) is 109 Å². The molecule has 2 unspecified atom stereocenters. The predicted molar refractivity (Wildman–Crippen MR) is 91.8 cm³/mol. The van der Waals surface area contributed by atoms with E-state index < -0.39 is 10.9 Å². The summed E-state index contributed by atoms with van der Waals surface area (Å²) in [6.45, 7) is 1.33. The van der Waals surface area contributed by atoms with Crippen molar-refractivity contribution in [3.05, 3.63) is 62.6 Å². The second-order valence-corrected chi connectivity index (χ2v) is 6.20. The van der Waals surface area contributed by atoms with Gasteiger partial charge in [0.05, 0.1) is 31.1 Å². The van der Waals surface area contributed by atoms with Gasteiger partial charge in [0.15, 0.2) is 0 Å². The van der Waals surface area contributed by atoms with Gasteiger partial charge in [0.2, 0.25) is 5.79 Å². The molecule has 1 aromatic carbocycles. The molecule has 0 radical (unpaired) electrons. The van der Waals surface area contributed by atoms with Gasteiger partial charge in [0.1, 0.15) is 6.10 Å². The number of benzene rings is 1. The summed E-state index contributed by atoms with van der Waals surface area (Å²) in [4.78, 5) is 12.4.